The largest absolute Gasteiger partial charge is 0.481 e. The van der Waals surface area contributed by atoms with E-state index in [0.717, 1.165) is 25.1 Å². The van der Waals surface area contributed by atoms with Crippen LogP contribution in [0.2, 0.25) is 0 Å². The molecule has 1 aliphatic heterocycles. The van der Waals surface area contributed by atoms with Gasteiger partial charge in [-0.15, -0.1) is 0 Å². The van der Waals surface area contributed by atoms with Gasteiger partial charge in [0.15, 0.2) is 0 Å². The van der Waals surface area contributed by atoms with Gasteiger partial charge >= 0.3 is 6.09 Å². The van der Waals surface area contributed by atoms with E-state index in [2.05, 4.69) is 9.88 Å². The second kappa shape index (κ2) is 5.64. The zero-order chi connectivity index (χ0) is 13.8. The molecule has 1 aromatic rings. The lowest BCUT2D eigenvalue weighted by molar-refractivity contribution is 0.0966. The van der Waals surface area contributed by atoms with Crippen LogP contribution in [0.15, 0.2) is 12.3 Å². The van der Waals surface area contributed by atoms with E-state index in [1.54, 1.807) is 19.4 Å². The molecule has 2 rings (SSSR count). The zero-order valence-electron chi connectivity index (χ0n) is 10.8. The van der Waals surface area contributed by atoms with Crippen LogP contribution in [0.1, 0.15) is 12.8 Å². The monoisotopic (exact) mass is 266 g/mol. The fourth-order valence-corrected chi connectivity index (χ4v) is 2.24. The number of aromatic nitrogens is 1. The van der Waals surface area contributed by atoms with Gasteiger partial charge in [0.25, 0.3) is 0 Å². The molecule has 19 heavy (non-hydrogen) atoms. The van der Waals surface area contributed by atoms with Crippen LogP contribution in [-0.2, 0) is 4.74 Å². The average Bonchev–Trinajstić information content (AvgIpc) is 2.39. The third-order valence-corrected chi connectivity index (χ3v) is 3.10. The zero-order valence-corrected chi connectivity index (χ0v) is 10.8. The van der Waals surface area contributed by atoms with Crippen molar-refractivity contribution in [1.82, 2.24) is 4.98 Å². The van der Waals surface area contributed by atoms with Gasteiger partial charge in [0.2, 0.25) is 5.88 Å². The number of methoxy groups -OCH3 is 1. The molecule has 4 N–H and O–H groups in total. The van der Waals surface area contributed by atoms with Crippen molar-refractivity contribution in [3.63, 3.8) is 0 Å². The predicted molar refractivity (Wildman–Crippen MR) is 71.1 cm³/mol. The number of hydrogen-bond donors (Lipinski definition) is 2. The number of piperidine rings is 1. The third kappa shape index (κ3) is 3.18. The topological polar surface area (TPSA) is 104 Å². The molecule has 0 spiro atoms. The smallest absolute Gasteiger partial charge is 0.404 e. The summed E-state index contributed by atoms with van der Waals surface area (Å²) in [7, 11) is 1.55. The minimum absolute atomic E-state index is 0.204. The lowest BCUT2D eigenvalue weighted by atomic mass is 10.1. The number of nitrogens with two attached hydrogens (primary N) is 2. The van der Waals surface area contributed by atoms with Crippen molar-refractivity contribution in [3.8, 4) is 5.88 Å². The fraction of sp³-hybridized carbons (Fsp3) is 0.500. The van der Waals surface area contributed by atoms with Crippen LogP contribution < -0.4 is 21.1 Å². The van der Waals surface area contributed by atoms with E-state index < -0.39 is 6.09 Å². The highest BCUT2D eigenvalue weighted by atomic mass is 16.6. The number of pyridine rings is 1. The maximum atomic E-state index is 10.8. The van der Waals surface area contributed by atoms with E-state index in [1.165, 1.54) is 0 Å². The molecule has 0 unspecified atom stereocenters. The first kappa shape index (κ1) is 13.3. The van der Waals surface area contributed by atoms with Crippen LogP contribution in [-0.4, -0.2) is 37.4 Å². The molecule has 1 saturated heterocycles. The van der Waals surface area contributed by atoms with Crippen LogP contribution in [0.25, 0.3) is 0 Å². The molecule has 1 aliphatic rings. The Morgan fingerprint density at radius 3 is 3.05 bits per heavy atom. The first-order chi connectivity index (χ1) is 9.10. The van der Waals surface area contributed by atoms with E-state index in [-0.39, 0.29) is 6.10 Å². The molecule has 0 radical (unpaired) electrons. The summed E-state index contributed by atoms with van der Waals surface area (Å²) < 4.78 is 10.1. The Bertz CT molecular complexity index is 466. The predicted octanol–water partition coefficient (Wildman–Crippen LogP) is 0.736. The molecule has 0 aromatic carbocycles. The molecule has 1 aromatic heterocycles. The average molecular weight is 266 g/mol. The van der Waals surface area contributed by atoms with Gasteiger partial charge < -0.3 is 25.8 Å². The Labute approximate surface area is 111 Å². The van der Waals surface area contributed by atoms with Crippen LogP contribution in [0.4, 0.5) is 16.2 Å². The molecule has 7 nitrogen and oxygen atoms in total. The van der Waals surface area contributed by atoms with Gasteiger partial charge in [-0.1, -0.05) is 0 Å². The van der Waals surface area contributed by atoms with Crippen LogP contribution in [0.5, 0.6) is 5.88 Å². The summed E-state index contributed by atoms with van der Waals surface area (Å²) in [5, 5.41) is 0. The maximum Gasteiger partial charge on any atom is 0.404 e. The summed E-state index contributed by atoms with van der Waals surface area (Å²) in [6.45, 7) is 1.41. The third-order valence-electron chi connectivity index (χ3n) is 3.10. The minimum Gasteiger partial charge on any atom is -0.481 e. The van der Waals surface area contributed by atoms with Crippen molar-refractivity contribution in [3.05, 3.63) is 12.3 Å². The minimum atomic E-state index is -0.743. The number of anilines is 2. The van der Waals surface area contributed by atoms with Crippen molar-refractivity contribution in [2.24, 2.45) is 5.73 Å². The van der Waals surface area contributed by atoms with Crippen molar-refractivity contribution >= 4 is 17.5 Å². The highest BCUT2D eigenvalue weighted by Gasteiger charge is 2.24. The molecule has 104 valence electrons. The summed E-state index contributed by atoms with van der Waals surface area (Å²) in [6, 6.07) is 1.78. The Morgan fingerprint density at radius 1 is 1.58 bits per heavy atom. The van der Waals surface area contributed by atoms with E-state index >= 15 is 0 Å². The normalized spacial score (nSPS) is 19.0. The number of amides is 1. The number of carbonyl (C=O) groups excluding carboxylic acids is 1. The molecule has 0 saturated carbocycles. The lowest BCUT2D eigenvalue weighted by Gasteiger charge is -2.34. The molecule has 7 heteroatoms. The van der Waals surface area contributed by atoms with Crippen LogP contribution in [0.3, 0.4) is 0 Å². The molecule has 0 bridgehead atoms. The molecular formula is C12H18N4O3. The van der Waals surface area contributed by atoms with Crippen molar-refractivity contribution < 1.29 is 14.3 Å². The molecule has 2 heterocycles. The van der Waals surface area contributed by atoms with Gasteiger partial charge in [-0.25, -0.2) is 9.78 Å². The number of nitrogens with zero attached hydrogens (tertiary/aromatic N) is 2. The van der Waals surface area contributed by atoms with Crippen molar-refractivity contribution in [1.29, 1.82) is 0 Å². The molecular weight excluding hydrogens is 248 g/mol. The Morgan fingerprint density at radius 2 is 2.37 bits per heavy atom. The summed E-state index contributed by atoms with van der Waals surface area (Å²) in [5.74, 6) is 0.502. The highest BCUT2D eigenvalue weighted by Crippen LogP contribution is 2.29. The summed E-state index contributed by atoms with van der Waals surface area (Å²) in [5.41, 5.74) is 12.4. The highest BCUT2D eigenvalue weighted by molar-refractivity contribution is 5.68. The van der Waals surface area contributed by atoms with Crippen molar-refractivity contribution in [2.45, 2.75) is 18.9 Å². The van der Waals surface area contributed by atoms with E-state index in [4.69, 9.17) is 20.9 Å². The number of primary amides is 1. The Kier molecular flexibility index (Phi) is 3.94. The molecule has 1 atom stereocenters. The SMILES string of the molecule is COc1cc(N2CCC[C@H](OC(N)=O)C2)c(N)cn1. The first-order valence-electron chi connectivity index (χ1n) is 6.10. The Balaban J connectivity index is 2.14. The van der Waals surface area contributed by atoms with Gasteiger partial charge in [0, 0.05) is 12.6 Å². The second-order valence-electron chi connectivity index (χ2n) is 4.43. The van der Waals surface area contributed by atoms with Gasteiger partial charge in [-0.2, -0.15) is 0 Å². The first-order valence-corrected chi connectivity index (χ1v) is 6.10. The van der Waals surface area contributed by atoms with Gasteiger partial charge in [0.05, 0.1) is 31.2 Å². The number of ether oxygens (including phenoxy) is 2. The van der Waals surface area contributed by atoms with E-state index in [0.29, 0.717) is 18.1 Å². The summed E-state index contributed by atoms with van der Waals surface area (Å²) in [6.07, 6.45) is 2.33. The van der Waals surface area contributed by atoms with Gasteiger partial charge in [-0.3, -0.25) is 0 Å². The van der Waals surface area contributed by atoms with Crippen molar-refractivity contribution in [2.75, 3.05) is 30.8 Å². The number of rotatable bonds is 3. The second-order valence-corrected chi connectivity index (χ2v) is 4.43. The maximum absolute atomic E-state index is 10.8. The number of hydrogen-bond acceptors (Lipinski definition) is 6. The van der Waals surface area contributed by atoms with Gasteiger partial charge in [-0.05, 0) is 12.8 Å². The van der Waals surface area contributed by atoms with E-state index in [9.17, 15) is 4.79 Å². The molecule has 1 fully saturated rings. The van der Waals surface area contributed by atoms with Crippen LogP contribution in [0, 0.1) is 0 Å². The standard InChI is InChI=1S/C12H18N4O3/c1-18-11-5-10(9(13)6-15-11)16-4-2-3-8(7-16)19-12(14)17/h5-6,8H,2-4,7,13H2,1H3,(H2,14,17)/t8-/m0/s1. The fourth-order valence-electron chi connectivity index (χ4n) is 2.24. The number of nitrogen functional groups attached to an aromatic ring is 1. The summed E-state index contributed by atoms with van der Waals surface area (Å²) >= 11 is 0. The quantitative estimate of drug-likeness (QED) is 0.836. The Hall–Kier alpha value is -2.18. The molecule has 1 amide bonds. The number of carbonyl (C=O) groups is 1. The lowest BCUT2D eigenvalue weighted by Crippen LogP contribution is -2.41. The molecule has 0 aliphatic carbocycles. The van der Waals surface area contributed by atoms with Gasteiger partial charge in [0.1, 0.15) is 6.10 Å². The van der Waals surface area contributed by atoms with Crippen LogP contribution >= 0.6 is 0 Å². The van der Waals surface area contributed by atoms with E-state index in [1.807, 2.05) is 0 Å². The summed E-state index contributed by atoms with van der Waals surface area (Å²) in [4.78, 5) is 16.9.